The van der Waals surface area contributed by atoms with E-state index >= 15 is 0 Å². The molecule has 17 heavy (non-hydrogen) atoms. The van der Waals surface area contributed by atoms with Crippen LogP contribution in [0.4, 0.5) is 5.82 Å². The Kier molecular flexibility index (Phi) is 3.78. The molecule has 0 aliphatic carbocycles. The molecule has 90 valence electrons. The quantitative estimate of drug-likeness (QED) is 0.943. The molecular weight excluding hydrogens is 280 g/mol. The summed E-state index contributed by atoms with van der Waals surface area (Å²) in [5.74, 6) is 0.898. The van der Waals surface area contributed by atoms with Crippen molar-refractivity contribution in [2.75, 3.05) is 11.9 Å². The summed E-state index contributed by atoms with van der Waals surface area (Å²) in [7, 11) is 0. The van der Waals surface area contributed by atoms with Crippen LogP contribution < -0.4 is 5.32 Å². The zero-order valence-electron chi connectivity index (χ0n) is 9.94. The van der Waals surface area contributed by atoms with Crippen LogP contribution in [0.5, 0.6) is 0 Å². The third kappa shape index (κ3) is 3.30. The molecule has 0 atom stereocenters. The summed E-state index contributed by atoms with van der Waals surface area (Å²) < 4.78 is 2.96. The third-order valence-electron chi connectivity index (χ3n) is 2.46. The minimum Gasteiger partial charge on any atom is -0.368 e. The molecule has 0 spiro atoms. The van der Waals surface area contributed by atoms with Gasteiger partial charge < -0.3 is 5.32 Å². The highest BCUT2D eigenvalue weighted by Crippen LogP contribution is 2.16. The minimum absolute atomic E-state index is 0.815. The highest BCUT2D eigenvalue weighted by Gasteiger charge is 1.99. The van der Waals surface area contributed by atoms with Gasteiger partial charge in [0.25, 0.3) is 0 Å². The van der Waals surface area contributed by atoms with Gasteiger partial charge >= 0.3 is 0 Å². The first-order chi connectivity index (χ1) is 8.15. The normalized spacial score (nSPS) is 10.5. The van der Waals surface area contributed by atoms with Crippen molar-refractivity contribution in [3.8, 4) is 0 Å². The predicted octanol–water partition coefficient (Wildman–Crippen LogP) is 2.77. The summed E-state index contributed by atoms with van der Waals surface area (Å²) in [6.45, 7) is 5.74. The number of rotatable bonds is 4. The topological polar surface area (TPSA) is 42.7 Å². The highest BCUT2D eigenvalue weighted by atomic mass is 79.9. The van der Waals surface area contributed by atoms with Gasteiger partial charge in [-0.1, -0.05) is 0 Å². The first-order valence-corrected chi connectivity index (χ1v) is 6.29. The molecule has 0 aromatic carbocycles. The number of hydrogen-bond acceptors (Lipinski definition) is 3. The van der Waals surface area contributed by atoms with Crippen LogP contribution in [-0.4, -0.2) is 21.3 Å². The first-order valence-electron chi connectivity index (χ1n) is 5.50. The molecule has 0 saturated carbocycles. The molecule has 2 rings (SSSR count). The van der Waals surface area contributed by atoms with Crippen molar-refractivity contribution in [1.29, 1.82) is 0 Å². The summed E-state index contributed by atoms with van der Waals surface area (Å²) in [6.07, 6.45) is 5.71. The smallest absolute Gasteiger partial charge is 0.126 e. The van der Waals surface area contributed by atoms with E-state index in [0.717, 1.165) is 23.4 Å². The molecule has 0 aliphatic rings. The van der Waals surface area contributed by atoms with Gasteiger partial charge in [0.05, 0.1) is 12.7 Å². The Balaban J connectivity index is 1.87. The van der Waals surface area contributed by atoms with E-state index in [0.29, 0.717) is 0 Å². The van der Waals surface area contributed by atoms with Gasteiger partial charge in [-0.2, -0.15) is 5.10 Å². The van der Waals surface area contributed by atoms with E-state index in [1.807, 2.05) is 43.2 Å². The van der Waals surface area contributed by atoms with Gasteiger partial charge in [-0.05, 0) is 47.0 Å². The van der Waals surface area contributed by atoms with Crippen LogP contribution in [0, 0.1) is 13.8 Å². The molecule has 0 bridgehead atoms. The molecular formula is C12H15BrN4. The van der Waals surface area contributed by atoms with Crippen molar-refractivity contribution < 1.29 is 0 Å². The molecule has 0 amide bonds. The van der Waals surface area contributed by atoms with Crippen LogP contribution in [0.15, 0.2) is 29.1 Å². The molecule has 4 nitrogen and oxygen atoms in total. The molecule has 5 heteroatoms. The monoisotopic (exact) mass is 294 g/mol. The summed E-state index contributed by atoms with van der Waals surface area (Å²) in [4.78, 5) is 4.29. The van der Waals surface area contributed by atoms with Crippen molar-refractivity contribution in [2.24, 2.45) is 0 Å². The number of halogens is 1. The zero-order valence-corrected chi connectivity index (χ0v) is 11.5. The maximum absolute atomic E-state index is 4.29. The lowest BCUT2D eigenvalue weighted by molar-refractivity contribution is 0.636. The Morgan fingerprint density at radius 1 is 1.35 bits per heavy atom. The van der Waals surface area contributed by atoms with Crippen molar-refractivity contribution in [1.82, 2.24) is 14.8 Å². The van der Waals surface area contributed by atoms with E-state index in [9.17, 15) is 0 Å². The second-order valence-corrected chi connectivity index (χ2v) is 4.88. The summed E-state index contributed by atoms with van der Waals surface area (Å²) in [6, 6.07) is 2.03. The summed E-state index contributed by atoms with van der Waals surface area (Å²) >= 11 is 3.43. The SMILES string of the molecule is Cc1cnn(CCNc2cc(C)c(Br)cn2)c1. The van der Waals surface area contributed by atoms with Crippen LogP contribution in [0.1, 0.15) is 11.1 Å². The number of hydrogen-bond donors (Lipinski definition) is 1. The van der Waals surface area contributed by atoms with Crippen molar-refractivity contribution in [2.45, 2.75) is 20.4 Å². The number of aromatic nitrogens is 3. The van der Waals surface area contributed by atoms with E-state index < -0.39 is 0 Å². The van der Waals surface area contributed by atoms with Gasteiger partial charge in [0.2, 0.25) is 0 Å². The Morgan fingerprint density at radius 2 is 2.18 bits per heavy atom. The lowest BCUT2D eigenvalue weighted by atomic mass is 10.3. The molecule has 0 fully saturated rings. The fraction of sp³-hybridized carbons (Fsp3) is 0.333. The van der Waals surface area contributed by atoms with E-state index in [2.05, 4.69) is 31.3 Å². The van der Waals surface area contributed by atoms with Crippen LogP contribution in [-0.2, 0) is 6.54 Å². The van der Waals surface area contributed by atoms with Crippen molar-refractivity contribution in [3.05, 3.63) is 40.3 Å². The second kappa shape index (κ2) is 5.31. The molecule has 0 radical (unpaired) electrons. The number of pyridine rings is 1. The van der Waals surface area contributed by atoms with Gasteiger partial charge in [0.15, 0.2) is 0 Å². The van der Waals surface area contributed by atoms with Crippen molar-refractivity contribution in [3.63, 3.8) is 0 Å². The van der Waals surface area contributed by atoms with E-state index in [1.165, 1.54) is 11.1 Å². The standard InChI is InChI=1S/C12H15BrN4/c1-9-6-16-17(8-9)4-3-14-12-5-10(2)11(13)7-15-12/h5-8H,3-4H2,1-2H3,(H,14,15). The summed E-state index contributed by atoms with van der Waals surface area (Å²) in [5, 5.41) is 7.51. The highest BCUT2D eigenvalue weighted by molar-refractivity contribution is 9.10. The van der Waals surface area contributed by atoms with Crippen LogP contribution >= 0.6 is 15.9 Å². The Morgan fingerprint density at radius 3 is 2.82 bits per heavy atom. The first kappa shape index (κ1) is 12.1. The van der Waals surface area contributed by atoms with E-state index in [4.69, 9.17) is 0 Å². The molecule has 2 aromatic rings. The van der Waals surface area contributed by atoms with E-state index in [1.54, 1.807) is 0 Å². The molecule has 0 aliphatic heterocycles. The Bertz CT molecular complexity index is 507. The lowest BCUT2D eigenvalue weighted by Gasteiger charge is -2.07. The fourth-order valence-electron chi connectivity index (χ4n) is 1.52. The van der Waals surface area contributed by atoms with Gasteiger partial charge in [-0.15, -0.1) is 0 Å². The largest absolute Gasteiger partial charge is 0.368 e. The molecule has 1 N–H and O–H groups in total. The molecule has 0 saturated heterocycles. The van der Waals surface area contributed by atoms with Crippen LogP contribution in [0.2, 0.25) is 0 Å². The van der Waals surface area contributed by atoms with Gasteiger partial charge in [0, 0.05) is 23.4 Å². The summed E-state index contributed by atoms with van der Waals surface area (Å²) in [5.41, 5.74) is 2.36. The van der Waals surface area contributed by atoms with Gasteiger partial charge in [-0.25, -0.2) is 4.98 Å². The average molecular weight is 295 g/mol. The fourth-order valence-corrected chi connectivity index (χ4v) is 1.74. The molecule has 2 aromatic heterocycles. The average Bonchev–Trinajstić information content (AvgIpc) is 2.70. The van der Waals surface area contributed by atoms with Crippen LogP contribution in [0.3, 0.4) is 0 Å². The van der Waals surface area contributed by atoms with E-state index in [-0.39, 0.29) is 0 Å². The van der Waals surface area contributed by atoms with Crippen molar-refractivity contribution >= 4 is 21.7 Å². The predicted molar refractivity (Wildman–Crippen MR) is 72.1 cm³/mol. The Labute approximate surface area is 109 Å². The lowest BCUT2D eigenvalue weighted by Crippen LogP contribution is -2.11. The van der Waals surface area contributed by atoms with Gasteiger partial charge in [0.1, 0.15) is 5.82 Å². The third-order valence-corrected chi connectivity index (χ3v) is 3.29. The molecule has 2 heterocycles. The molecule has 0 unspecified atom stereocenters. The Hall–Kier alpha value is -1.36. The maximum atomic E-state index is 4.29. The van der Waals surface area contributed by atoms with Gasteiger partial charge in [-0.3, -0.25) is 4.68 Å². The number of anilines is 1. The zero-order chi connectivity index (χ0) is 12.3. The van der Waals surface area contributed by atoms with Crippen LogP contribution in [0.25, 0.3) is 0 Å². The maximum Gasteiger partial charge on any atom is 0.126 e. The number of aryl methyl sites for hydroxylation is 2. The number of nitrogens with one attached hydrogen (secondary N) is 1. The second-order valence-electron chi connectivity index (χ2n) is 4.03. The number of nitrogens with zero attached hydrogens (tertiary/aromatic N) is 3. The minimum atomic E-state index is 0.815.